The topological polar surface area (TPSA) is 194 Å². The van der Waals surface area contributed by atoms with Crippen LogP contribution in [0.4, 0.5) is 9.59 Å². The van der Waals surface area contributed by atoms with Crippen molar-refractivity contribution in [2.75, 3.05) is 26.2 Å². The number of nitrogens with zero attached hydrogens (tertiary/aromatic N) is 10. The number of esters is 1. The van der Waals surface area contributed by atoms with Crippen molar-refractivity contribution in [3.63, 3.8) is 0 Å². The van der Waals surface area contributed by atoms with Crippen molar-refractivity contribution in [1.29, 1.82) is 0 Å². The lowest BCUT2D eigenvalue weighted by atomic mass is 10.0. The number of para-hydroxylation sites is 4. The first-order chi connectivity index (χ1) is 30.8. The molecule has 6 atom stereocenters. The molecule has 18 nitrogen and oxygen atoms in total. The minimum atomic E-state index is -1.14. The molecule has 2 aliphatic heterocycles. The fraction of sp³-hybridized carbons (Fsp3) is 0.391. The average Bonchev–Trinajstić information content (AvgIpc) is 4.11. The van der Waals surface area contributed by atoms with Crippen molar-refractivity contribution < 1.29 is 38.5 Å². The molecule has 332 valence electrons. The molecular formula is C46H50N10O8. The number of ether oxygens (including phenoxy) is 3. The summed E-state index contributed by atoms with van der Waals surface area (Å²) in [6.45, 7) is 7.96. The van der Waals surface area contributed by atoms with Crippen molar-refractivity contribution in [1.82, 2.24) is 48.9 Å². The van der Waals surface area contributed by atoms with Gasteiger partial charge in [0, 0.05) is 63.4 Å². The van der Waals surface area contributed by atoms with Gasteiger partial charge < -0.3 is 29.1 Å². The second-order valence-electron chi connectivity index (χ2n) is 17.8. The fourth-order valence-electron chi connectivity index (χ4n) is 9.37. The number of carbonyl (C=O) groups excluding carboxylic acids is 3. The smallest absolute Gasteiger partial charge is 0.359 e. The number of aromatic carboxylic acids is 1. The highest BCUT2D eigenvalue weighted by Crippen LogP contribution is 2.42. The van der Waals surface area contributed by atoms with Crippen LogP contribution in [0.5, 0.6) is 11.5 Å². The van der Waals surface area contributed by atoms with Gasteiger partial charge >= 0.3 is 24.0 Å². The van der Waals surface area contributed by atoms with Crippen LogP contribution in [-0.4, -0.2) is 122 Å². The number of benzene rings is 2. The Morgan fingerprint density at radius 1 is 0.578 bits per heavy atom. The van der Waals surface area contributed by atoms with Crippen molar-refractivity contribution in [2.45, 2.75) is 64.3 Å². The molecule has 1 N–H and O–H groups in total. The molecule has 4 aliphatic rings. The predicted octanol–water partition coefficient (Wildman–Crippen LogP) is 6.31. The molecule has 18 heteroatoms. The Bertz CT molecular complexity index is 2590. The van der Waals surface area contributed by atoms with Crippen LogP contribution in [0.3, 0.4) is 0 Å². The van der Waals surface area contributed by atoms with Gasteiger partial charge in [0.05, 0.1) is 12.2 Å². The van der Waals surface area contributed by atoms with Crippen LogP contribution < -0.4 is 9.47 Å². The molecule has 6 aromatic rings. The lowest BCUT2D eigenvalue weighted by molar-refractivity contribution is 0.00620. The normalized spacial score (nSPS) is 22.4. The molecule has 0 spiro atoms. The number of aromatic nitrogens is 8. The minimum Gasteiger partial charge on any atom is -0.488 e. The highest BCUT2D eigenvalue weighted by atomic mass is 16.6. The van der Waals surface area contributed by atoms with Gasteiger partial charge in [-0.3, -0.25) is 0 Å². The molecule has 2 aromatic carbocycles. The molecular weight excluding hydrogens is 821 g/mol. The number of carboxylic acid groups (broad SMARTS) is 1. The number of amides is 2. The zero-order chi connectivity index (χ0) is 44.5. The number of carboxylic acids is 1. The number of hydrogen-bond acceptors (Lipinski definition) is 11. The summed E-state index contributed by atoms with van der Waals surface area (Å²) in [7, 11) is 0. The van der Waals surface area contributed by atoms with E-state index in [4.69, 9.17) is 19.3 Å². The lowest BCUT2D eigenvalue weighted by Gasteiger charge is -2.21. The van der Waals surface area contributed by atoms with Gasteiger partial charge in [0.2, 0.25) is 0 Å². The Hall–Kier alpha value is -7.24. The van der Waals surface area contributed by atoms with Crippen molar-refractivity contribution in [2.24, 2.45) is 23.7 Å². The van der Waals surface area contributed by atoms with Crippen molar-refractivity contribution >= 4 is 24.0 Å². The van der Waals surface area contributed by atoms with E-state index in [1.54, 1.807) is 47.4 Å². The van der Waals surface area contributed by atoms with E-state index in [2.05, 4.69) is 20.4 Å². The summed E-state index contributed by atoms with van der Waals surface area (Å²) in [5.74, 6) is 1.43. The van der Waals surface area contributed by atoms with Gasteiger partial charge in [0.25, 0.3) is 0 Å². The van der Waals surface area contributed by atoms with Crippen LogP contribution in [0.1, 0.15) is 67.4 Å². The van der Waals surface area contributed by atoms with E-state index in [-0.39, 0.29) is 35.7 Å². The van der Waals surface area contributed by atoms with Gasteiger partial charge in [0.15, 0.2) is 11.4 Å². The predicted molar refractivity (Wildman–Crippen MR) is 230 cm³/mol. The van der Waals surface area contributed by atoms with E-state index in [0.717, 1.165) is 53.2 Å². The summed E-state index contributed by atoms with van der Waals surface area (Å²) < 4.78 is 24.0. The second-order valence-corrected chi connectivity index (χ2v) is 17.8. The Balaban J connectivity index is 0.000000163. The minimum absolute atomic E-state index is 0.0947. The molecule has 64 heavy (non-hydrogen) atoms. The first kappa shape index (κ1) is 42.1. The molecule has 2 amide bonds. The van der Waals surface area contributed by atoms with E-state index in [9.17, 15) is 19.2 Å². The molecule has 0 radical (unpaired) electrons. The highest BCUT2D eigenvalue weighted by Gasteiger charge is 2.45. The maximum absolute atomic E-state index is 13.0. The summed E-state index contributed by atoms with van der Waals surface area (Å²) in [5.41, 5.74) is 1.21. The molecule has 2 saturated carbocycles. The summed E-state index contributed by atoms with van der Waals surface area (Å²) in [4.78, 5) is 52.4. The summed E-state index contributed by atoms with van der Waals surface area (Å²) in [6, 6.07) is 21.9. The third-order valence-electron chi connectivity index (χ3n) is 12.2. The van der Waals surface area contributed by atoms with E-state index in [1.807, 2.05) is 78.0 Å². The van der Waals surface area contributed by atoms with E-state index in [1.165, 1.54) is 29.2 Å². The molecule has 2 saturated heterocycles. The van der Waals surface area contributed by atoms with Crippen LogP contribution >= 0.6 is 0 Å². The summed E-state index contributed by atoms with van der Waals surface area (Å²) >= 11 is 0. The van der Waals surface area contributed by atoms with Crippen LogP contribution in [0.15, 0.2) is 110 Å². The summed E-state index contributed by atoms with van der Waals surface area (Å²) in [6.07, 6.45) is 13.9. The zero-order valence-electron chi connectivity index (χ0n) is 35.8. The first-order valence-electron chi connectivity index (χ1n) is 21.5. The van der Waals surface area contributed by atoms with Crippen LogP contribution in [0.2, 0.25) is 0 Å². The van der Waals surface area contributed by atoms with Crippen molar-refractivity contribution in [3.05, 3.63) is 121 Å². The molecule has 10 rings (SSSR count). The lowest BCUT2D eigenvalue weighted by Crippen LogP contribution is -2.35. The fourth-order valence-corrected chi connectivity index (χ4v) is 9.37. The van der Waals surface area contributed by atoms with Gasteiger partial charge in [-0.25, -0.2) is 28.5 Å². The number of carbonyl (C=O) groups is 4. The molecule has 6 heterocycles. The van der Waals surface area contributed by atoms with E-state index < -0.39 is 17.5 Å². The van der Waals surface area contributed by atoms with Crippen LogP contribution in [0, 0.1) is 23.7 Å². The number of fused-ring (bicyclic) bond motifs is 2. The maximum atomic E-state index is 13.0. The number of likely N-dealkylation sites (tertiary alicyclic amines) is 2. The monoisotopic (exact) mass is 870 g/mol. The average molecular weight is 871 g/mol. The maximum Gasteiger partial charge on any atom is 0.359 e. The quantitative estimate of drug-likeness (QED) is 0.168. The molecule has 4 aromatic heterocycles. The molecule has 2 aliphatic carbocycles. The number of rotatable bonds is 8. The van der Waals surface area contributed by atoms with Gasteiger partial charge in [-0.05, 0) is 119 Å². The Labute approximate surface area is 368 Å². The van der Waals surface area contributed by atoms with Crippen molar-refractivity contribution in [3.8, 4) is 22.9 Å². The molecule has 0 bridgehead atoms. The van der Waals surface area contributed by atoms with Gasteiger partial charge in [0.1, 0.15) is 28.5 Å². The van der Waals surface area contributed by atoms with Crippen LogP contribution in [0.25, 0.3) is 11.4 Å². The second kappa shape index (κ2) is 17.5. The van der Waals surface area contributed by atoms with Gasteiger partial charge in [-0.1, -0.05) is 24.3 Å². The molecule has 4 fully saturated rings. The first-order valence-corrected chi connectivity index (χ1v) is 21.5. The largest absolute Gasteiger partial charge is 0.488 e. The third-order valence-corrected chi connectivity index (χ3v) is 12.2. The Morgan fingerprint density at radius 2 is 1.00 bits per heavy atom. The Morgan fingerprint density at radius 3 is 1.39 bits per heavy atom. The van der Waals surface area contributed by atoms with Gasteiger partial charge in [-0.15, -0.1) is 0 Å². The summed E-state index contributed by atoms with van der Waals surface area (Å²) in [5, 5.41) is 25.6. The SMILES string of the molecule is CC(C)(C)OC(=O)c1ccn(C(=O)N2C[C@H]3CC(Oc4ccccc4-n4cccn4)C[C@H]3C2)n1.O=C(O)c1ccn(C(=O)N2C[C@H]3CC(Oc4ccccc4-n4cccn4)C[C@H]3C2)n1. The molecule has 2 unspecified atom stereocenters. The van der Waals surface area contributed by atoms with Crippen LogP contribution in [-0.2, 0) is 4.74 Å². The van der Waals surface area contributed by atoms with E-state index >= 15 is 0 Å². The third kappa shape index (κ3) is 9.12. The zero-order valence-corrected chi connectivity index (χ0v) is 35.8. The highest BCUT2D eigenvalue weighted by molar-refractivity contribution is 5.88. The number of hydrogen-bond donors (Lipinski definition) is 1. The Kier molecular flexibility index (Phi) is 11.5. The van der Waals surface area contributed by atoms with Gasteiger partial charge in [-0.2, -0.15) is 29.8 Å². The van der Waals surface area contributed by atoms with E-state index in [0.29, 0.717) is 49.9 Å². The standard InChI is InChI=1S/C25H29N5O4.C21H21N5O4/c1-25(2,3)34-23(31)20-9-12-30(27-20)24(32)28-15-17-13-19(14-18(17)16-28)33-22-8-5-4-7-21(22)29-11-6-10-26-29;27-20(28)17-6-9-26(23-17)21(29)24-12-14-10-16(11-15(14)13-24)30-19-5-2-1-4-18(19)25-8-3-7-22-25/h4-12,17-19H,13-16H2,1-3H3;1-9,14-16H,10-13H2,(H,27,28)/t17-,18+,19?;14-,15+,16?.